The number of nitrogens with zero attached hydrogens (tertiary/aromatic N) is 2. The molecule has 1 aromatic heterocycles. The molecule has 1 aromatic carbocycles. The second-order valence-electron chi connectivity index (χ2n) is 4.33. The van der Waals surface area contributed by atoms with E-state index in [0.717, 1.165) is 11.4 Å². The SMILES string of the molecule is CN(CCO)C(=O)c1cc(COc2ccccc2)[nH]n1. The summed E-state index contributed by atoms with van der Waals surface area (Å²) in [6.45, 7) is 0.520. The molecule has 1 amide bonds. The molecule has 0 saturated carbocycles. The molecule has 0 atom stereocenters. The van der Waals surface area contributed by atoms with Crippen LogP contribution in [-0.4, -0.2) is 46.3 Å². The topological polar surface area (TPSA) is 78.5 Å². The highest BCUT2D eigenvalue weighted by Crippen LogP contribution is 2.11. The fraction of sp³-hybridized carbons (Fsp3) is 0.286. The molecule has 0 bridgehead atoms. The van der Waals surface area contributed by atoms with Crippen LogP contribution in [0.15, 0.2) is 36.4 Å². The number of benzene rings is 1. The monoisotopic (exact) mass is 275 g/mol. The van der Waals surface area contributed by atoms with Crippen molar-refractivity contribution in [2.24, 2.45) is 0 Å². The Labute approximate surface area is 117 Å². The zero-order valence-electron chi connectivity index (χ0n) is 11.2. The van der Waals surface area contributed by atoms with Crippen molar-refractivity contribution in [3.05, 3.63) is 47.8 Å². The Kier molecular flexibility index (Phi) is 4.73. The summed E-state index contributed by atoms with van der Waals surface area (Å²) < 4.78 is 5.56. The summed E-state index contributed by atoms with van der Waals surface area (Å²) in [6.07, 6.45) is 0. The van der Waals surface area contributed by atoms with Crippen LogP contribution in [0.25, 0.3) is 0 Å². The third-order valence-electron chi connectivity index (χ3n) is 2.77. The number of carbonyl (C=O) groups is 1. The highest BCUT2D eigenvalue weighted by atomic mass is 16.5. The molecule has 0 radical (unpaired) electrons. The van der Waals surface area contributed by atoms with Crippen LogP contribution in [0.3, 0.4) is 0 Å². The molecule has 2 aromatic rings. The Morgan fingerprint density at radius 1 is 1.40 bits per heavy atom. The van der Waals surface area contributed by atoms with E-state index >= 15 is 0 Å². The van der Waals surface area contributed by atoms with Gasteiger partial charge in [-0.2, -0.15) is 5.10 Å². The van der Waals surface area contributed by atoms with Gasteiger partial charge in [-0.05, 0) is 18.2 Å². The van der Waals surface area contributed by atoms with E-state index in [4.69, 9.17) is 9.84 Å². The number of aromatic amines is 1. The summed E-state index contributed by atoms with van der Waals surface area (Å²) in [4.78, 5) is 13.3. The normalized spacial score (nSPS) is 10.3. The van der Waals surface area contributed by atoms with Crippen LogP contribution in [0.4, 0.5) is 0 Å². The average molecular weight is 275 g/mol. The second-order valence-corrected chi connectivity index (χ2v) is 4.33. The van der Waals surface area contributed by atoms with Gasteiger partial charge in [-0.25, -0.2) is 0 Å². The highest BCUT2D eigenvalue weighted by molar-refractivity contribution is 5.92. The summed E-state index contributed by atoms with van der Waals surface area (Å²) >= 11 is 0. The van der Waals surface area contributed by atoms with Gasteiger partial charge in [-0.1, -0.05) is 18.2 Å². The molecule has 0 aliphatic heterocycles. The van der Waals surface area contributed by atoms with Crippen LogP contribution >= 0.6 is 0 Å². The fourth-order valence-electron chi connectivity index (χ4n) is 1.67. The number of rotatable bonds is 6. The quantitative estimate of drug-likeness (QED) is 0.826. The van der Waals surface area contributed by atoms with Crippen LogP contribution in [0.2, 0.25) is 0 Å². The maximum atomic E-state index is 11.9. The van der Waals surface area contributed by atoms with E-state index in [1.54, 1.807) is 13.1 Å². The molecule has 0 fully saturated rings. The van der Waals surface area contributed by atoms with Gasteiger partial charge in [-0.15, -0.1) is 0 Å². The lowest BCUT2D eigenvalue weighted by Crippen LogP contribution is -2.29. The Morgan fingerprint density at radius 3 is 2.85 bits per heavy atom. The number of aromatic nitrogens is 2. The van der Waals surface area contributed by atoms with Crippen LogP contribution in [0.5, 0.6) is 5.75 Å². The Morgan fingerprint density at radius 2 is 2.15 bits per heavy atom. The first kappa shape index (κ1) is 14.1. The van der Waals surface area contributed by atoms with Gasteiger partial charge < -0.3 is 14.7 Å². The van der Waals surface area contributed by atoms with Crippen LogP contribution in [0.1, 0.15) is 16.2 Å². The summed E-state index contributed by atoms with van der Waals surface area (Å²) in [6, 6.07) is 11.1. The predicted molar refractivity (Wildman–Crippen MR) is 73.4 cm³/mol. The highest BCUT2D eigenvalue weighted by Gasteiger charge is 2.14. The largest absolute Gasteiger partial charge is 0.487 e. The minimum atomic E-state index is -0.235. The van der Waals surface area contributed by atoms with Crippen LogP contribution in [-0.2, 0) is 6.61 Å². The van der Waals surface area contributed by atoms with Crippen LogP contribution < -0.4 is 4.74 Å². The molecule has 0 aliphatic rings. The van der Waals surface area contributed by atoms with E-state index in [9.17, 15) is 4.79 Å². The van der Waals surface area contributed by atoms with Crippen molar-refractivity contribution in [2.75, 3.05) is 20.2 Å². The summed E-state index contributed by atoms with van der Waals surface area (Å²) in [5.41, 5.74) is 1.03. The first-order chi connectivity index (χ1) is 9.70. The number of amides is 1. The zero-order valence-corrected chi connectivity index (χ0v) is 11.2. The number of aliphatic hydroxyl groups excluding tert-OH is 1. The molecule has 1 heterocycles. The Hall–Kier alpha value is -2.34. The van der Waals surface area contributed by atoms with Crippen molar-refractivity contribution in [2.45, 2.75) is 6.61 Å². The number of carbonyl (C=O) groups excluding carboxylic acids is 1. The van der Waals surface area contributed by atoms with E-state index in [1.807, 2.05) is 30.3 Å². The minimum absolute atomic E-state index is 0.0728. The number of hydrogen-bond acceptors (Lipinski definition) is 4. The molecule has 0 unspecified atom stereocenters. The molecule has 20 heavy (non-hydrogen) atoms. The molecule has 0 saturated heterocycles. The summed E-state index contributed by atoms with van der Waals surface area (Å²) in [7, 11) is 1.62. The van der Waals surface area contributed by atoms with Crippen molar-refractivity contribution in [1.82, 2.24) is 15.1 Å². The van der Waals surface area contributed by atoms with Crippen LogP contribution in [0, 0.1) is 0 Å². The number of para-hydroxylation sites is 1. The molecular weight excluding hydrogens is 258 g/mol. The predicted octanol–water partition coefficient (Wildman–Crippen LogP) is 1.05. The first-order valence-electron chi connectivity index (χ1n) is 6.29. The number of H-pyrrole nitrogens is 1. The standard InChI is InChI=1S/C14H17N3O3/c1-17(7-8-18)14(19)13-9-11(15-16-13)10-20-12-5-3-2-4-6-12/h2-6,9,18H,7-8,10H2,1H3,(H,15,16). The molecule has 6 heteroatoms. The Bertz CT molecular complexity index is 554. The van der Waals surface area contributed by atoms with E-state index < -0.39 is 0 Å². The van der Waals surface area contributed by atoms with Gasteiger partial charge >= 0.3 is 0 Å². The van der Waals surface area contributed by atoms with E-state index in [1.165, 1.54) is 4.90 Å². The van der Waals surface area contributed by atoms with Gasteiger partial charge in [0.1, 0.15) is 12.4 Å². The fourth-order valence-corrected chi connectivity index (χ4v) is 1.67. The maximum absolute atomic E-state index is 11.9. The first-order valence-corrected chi connectivity index (χ1v) is 6.29. The zero-order chi connectivity index (χ0) is 14.4. The molecule has 2 N–H and O–H groups in total. The molecule has 0 aliphatic carbocycles. The van der Waals surface area contributed by atoms with Crippen molar-refractivity contribution < 1.29 is 14.6 Å². The van der Waals surface area contributed by atoms with E-state index in [-0.39, 0.29) is 19.1 Å². The maximum Gasteiger partial charge on any atom is 0.274 e. The second kappa shape index (κ2) is 6.72. The van der Waals surface area contributed by atoms with Gasteiger partial charge in [0, 0.05) is 13.6 Å². The van der Waals surface area contributed by atoms with E-state index in [2.05, 4.69) is 10.2 Å². The molecule has 6 nitrogen and oxygen atoms in total. The van der Waals surface area contributed by atoms with E-state index in [0.29, 0.717) is 12.3 Å². The lowest BCUT2D eigenvalue weighted by atomic mass is 10.3. The van der Waals surface area contributed by atoms with Gasteiger partial charge in [0.05, 0.1) is 12.3 Å². The van der Waals surface area contributed by atoms with Crippen molar-refractivity contribution in [3.8, 4) is 5.75 Å². The third-order valence-corrected chi connectivity index (χ3v) is 2.77. The average Bonchev–Trinajstić information content (AvgIpc) is 2.94. The summed E-state index contributed by atoms with van der Waals surface area (Å²) in [5, 5.41) is 15.5. The number of hydrogen-bond donors (Lipinski definition) is 2. The van der Waals surface area contributed by atoms with Crippen molar-refractivity contribution in [1.29, 1.82) is 0 Å². The number of aliphatic hydroxyl groups is 1. The molecule has 106 valence electrons. The third kappa shape index (κ3) is 3.58. The minimum Gasteiger partial charge on any atom is -0.487 e. The number of ether oxygens (including phenoxy) is 1. The van der Waals surface area contributed by atoms with Gasteiger partial charge in [-0.3, -0.25) is 9.89 Å². The molecule has 2 rings (SSSR count). The van der Waals surface area contributed by atoms with Gasteiger partial charge in [0.25, 0.3) is 5.91 Å². The van der Waals surface area contributed by atoms with Crippen molar-refractivity contribution in [3.63, 3.8) is 0 Å². The van der Waals surface area contributed by atoms with Crippen molar-refractivity contribution >= 4 is 5.91 Å². The number of nitrogens with one attached hydrogen (secondary N) is 1. The lowest BCUT2D eigenvalue weighted by molar-refractivity contribution is 0.0761. The Balaban J connectivity index is 1.94. The lowest BCUT2D eigenvalue weighted by Gasteiger charge is -2.13. The molecular formula is C14H17N3O3. The summed E-state index contributed by atoms with van der Waals surface area (Å²) in [5.74, 6) is 0.522. The van der Waals surface area contributed by atoms with Gasteiger partial charge in [0.2, 0.25) is 0 Å². The smallest absolute Gasteiger partial charge is 0.274 e. The molecule has 0 spiro atoms. The number of likely N-dealkylation sites (N-methyl/N-ethyl adjacent to an activating group) is 1. The van der Waals surface area contributed by atoms with Gasteiger partial charge in [0.15, 0.2) is 5.69 Å².